The molecule has 1 aliphatic rings. The normalized spacial score (nSPS) is 19.8. The van der Waals surface area contributed by atoms with Crippen LogP contribution in [0.2, 0.25) is 0 Å². The molecule has 1 aromatic rings. The van der Waals surface area contributed by atoms with E-state index in [1.54, 1.807) is 0 Å². The van der Waals surface area contributed by atoms with Crippen molar-refractivity contribution in [2.75, 3.05) is 6.61 Å². The first-order chi connectivity index (χ1) is 11.5. The molecule has 0 amide bonds. The molecule has 0 unspecified atom stereocenters. The van der Waals surface area contributed by atoms with Gasteiger partial charge in [-0.3, -0.25) is 0 Å². The largest absolute Gasteiger partial charge is 0.375 e. The fourth-order valence-electron chi connectivity index (χ4n) is 2.89. The van der Waals surface area contributed by atoms with Gasteiger partial charge in [-0.15, -0.1) is 5.06 Å². The van der Waals surface area contributed by atoms with Gasteiger partial charge >= 0.3 is 5.97 Å². The van der Waals surface area contributed by atoms with Gasteiger partial charge < -0.3 is 9.57 Å². The number of benzene rings is 1. The van der Waals surface area contributed by atoms with Gasteiger partial charge in [0.15, 0.2) is 0 Å². The maximum Gasteiger partial charge on any atom is 0.349 e. The van der Waals surface area contributed by atoms with Crippen LogP contribution in [-0.2, 0) is 21.0 Å². The van der Waals surface area contributed by atoms with Crippen molar-refractivity contribution in [2.45, 2.75) is 52.8 Å². The van der Waals surface area contributed by atoms with Gasteiger partial charge in [0.05, 0.1) is 25.3 Å². The highest BCUT2D eigenvalue weighted by molar-refractivity contribution is 5.82. The monoisotopic (exact) mass is 331 g/mol. The van der Waals surface area contributed by atoms with Crippen molar-refractivity contribution in [3.63, 3.8) is 0 Å². The van der Waals surface area contributed by atoms with Gasteiger partial charge in [0, 0.05) is 6.08 Å². The third kappa shape index (κ3) is 5.46. The number of carbonyl (C=O) groups is 1. The first-order valence-electron chi connectivity index (χ1n) is 8.77. The smallest absolute Gasteiger partial charge is 0.349 e. The Kier molecular flexibility index (Phi) is 7.00. The van der Waals surface area contributed by atoms with E-state index in [9.17, 15) is 4.79 Å². The molecule has 4 heteroatoms. The number of hydroxylamine groups is 2. The van der Waals surface area contributed by atoms with Crippen LogP contribution in [0.3, 0.4) is 0 Å². The number of carbonyl (C=O) groups excluding carboxylic acids is 1. The van der Waals surface area contributed by atoms with Crippen LogP contribution in [0.4, 0.5) is 0 Å². The summed E-state index contributed by atoms with van der Waals surface area (Å²) in [6.45, 7) is 9.72. The predicted octanol–water partition coefficient (Wildman–Crippen LogP) is 3.97. The number of nitrogens with zero attached hydrogens (tertiary/aromatic N) is 1. The average molecular weight is 331 g/mol. The van der Waals surface area contributed by atoms with Gasteiger partial charge in [0.2, 0.25) is 0 Å². The highest BCUT2D eigenvalue weighted by atomic mass is 16.7. The van der Waals surface area contributed by atoms with E-state index >= 15 is 0 Å². The summed E-state index contributed by atoms with van der Waals surface area (Å²) in [5.41, 5.74) is 1.15. The average Bonchev–Trinajstić information content (AvgIpc) is 2.54. The molecule has 1 heterocycles. The Balaban J connectivity index is 2.01. The van der Waals surface area contributed by atoms with Crippen LogP contribution in [0.15, 0.2) is 42.5 Å². The van der Waals surface area contributed by atoms with Gasteiger partial charge in [-0.1, -0.05) is 64.1 Å². The summed E-state index contributed by atoms with van der Waals surface area (Å²) in [6.07, 6.45) is 4.44. The zero-order chi connectivity index (χ0) is 17.5. The number of rotatable bonds is 8. The lowest BCUT2D eigenvalue weighted by molar-refractivity contribution is -0.222. The molecule has 2 atom stereocenters. The van der Waals surface area contributed by atoms with E-state index in [2.05, 4.69) is 39.8 Å². The Hall–Kier alpha value is -1.65. The molecule has 0 aromatic heterocycles. The molecule has 0 N–H and O–H groups in total. The maximum atomic E-state index is 11.7. The third-order valence-corrected chi connectivity index (χ3v) is 4.19. The molecule has 0 bridgehead atoms. The fraction of sp³-hybridized carbons (Fsp3) is 0.550. The Morgan fingerprint density at radius 3 is 2.50 bits per heavy atom. The highest BCUT2D eigenvalue weighted by Gasteiger charge is 2.33. The Labute approximate surface area is 145 Å². The summed E-state index contributed by atoms with van der Waals surface area (Å²) < 4.78 is 5.93. The maximum absolute atomic E-state index is 11.7. The lowest BCUT2D eigenvalue weighted by Crippen LogP contribution is -2.50. The van der Waals surface area contributed by atoms with Crippen LogP contribution in [0.1, 0.15) is 39.7 Å². The summed E-state index contributed by atoms with van der Waals surface area (Å²) >= 11 is 0. The van der Waals surface area contributed by atoms with E-state index in [1.165, 1.54) is 6.08 Å². The Morgan fingerprint density at radius 2 is 1.88 bits per heavy atom. The third-order valence-electron chi connectivity index (χ3n) is 4.19. The summed E-state index contributed by atoms with van der Waals surface area (Å²) in [5.74, 6) is 0.537. The van der Waals surface area contributed by atoms with Crippen LogP contribution >= 0.6 is 0 Å². The highest BCUT2D eigenvalue weighted by Crippen LogP contribution is 2.24. The molecule has 0 spiro atoms. The van der Waals surface area contributed by atoms with E-state index in [4.69, 9.17) is 9.57 Å². The standard InChI is InChI=1S/C20H29NO3/c1-15(2)12-18-10-11-20(22)24-21(18)19(16(3)4)14-23-13-17-8-6-5-7-9-17/h5-11,15-16,18-19H,12-14H2,1-4H3/t18-,19+/m1/s1. The Morgan fingerprint density at radius 1 is 1.17 bits per heavy atom. The van der Waals surface area contributed by atoms with Crippen LogP contribution in [0.5, 0.6) is 0 Å². The quantitative estimate of drug-likeness (QED) is 0.722. The molecular formula is C20H29NO3. The Bertz CT molecular complexity index is 539. The molecule has 2 rings (SSSR count). The molecule has 1 aromatic carbocycles. The molecule has 24 heavy (non-hydrogen) atoms. The van der Waals surface area contributed by atoms with Crippen molar-refractivity contribution < 1.29 is 14.4 Å². The predicted molar refractivity (Wildman–Crippen MR) is 95.0 cm³/mol. The van der Waals surface area contributed by atoms with Crippen LogP contribution < -0.4 is 0 Å². The van der Waals surface area contributed by atoms with Crippen LogP contribution in [0.25, 0.3) is 0 Å². The van der Waals surface area contributed by atoms with Crippen molar-refractivity contribution in [3.8, 4) is 0 Å². The number of ether oxygens (including phenoxy) is 1. The van der Waals surface area contributed by atoms with Crippen molar-refractivity contribution in [1.29, 1.82) is 0 Å². The number of hydrogen-bond acceptors (Lipinski definition) is 4. The van der Waals surface area contributed by atoms with E-state index in [1.807, 2.05) is 29.3 Å². The minimum Gasteiger partial charge on any atom is -0.375 e. The van der Waals surface area contributed by atoms with E-state index in [0.717, 1.165) is 12.0 Å². The lowest BCUT2D eigenvalue weighted by Gasteiger charge is -2.39. The minimum absolute atomic E-state index is 0.0337. The van der Waals surface area contributed by atoms with Gasteiger partial charge in [0.1, 0.15) is 0 Å². The first kappa shape index (κ1) is 18.7. The van der Waals surface area contributed by atoms with Crippen molar-refractivity contribution in [2.24, 2.45) is 11.8 Å². The fourth-order valence-corrected chi connectivity index (χ4v) is 2.89. The van der Waals surface area contributed by atoms with Gasteiger partial charge in [-0.25, -0.2) is 4.79 Å². The summed E-state index contributed by atoms with van der Waals surface area (Å²) in [4.78, 5) is 17.3. The summed E-state index contributed by atoms with van der Waals surface area (Å²) in [6, 6.07) is 10.3. The van der Waals surface area contributed by atoms with Gasteiger partial charge in [-0.2, -0.15) is 0 Å². The molecule has 0 fully saturated rings. The second-order valence-corrected chi connectivity index (χ2v) is 7.14. The second-order valence-electron chi connectivity index (χ2n) is 7.14. The van der Waals surface area contributed by atoms with E-state index in [-0.39, 0.29) is 18.1 Å². The molecule has 0 radical (unpaired) electrons. The molecule has 0 saturated heterocycles. The van der Waals surface area contributed by atoms with E-state index < -0.39 is 0 Å². The molecule has 1 aliphatic heterocycles. The first-order valence-corrected chi connectivity index (χ1v) is 8.77. The minimum atomic E-state index is -0.302. The topological polar surface area (TPSA) is 38.8 Å². The molecular weight excluding hydrogens is 302 g/mol. The summed E-state index contributed by atoms with van der Waals surface area (Å²) in [5, 5.41) is 1.85. The van der Waals surface area contributed by atoms with Crippen molar-refractivity contribution in [3.05, 3.63) is 48.0 Å². The van der Waals surface area contributed by atoms with Gasteiger partial charge in [0.25, 0.3) is 0 Å². The number of hydrogen-bond donors (Lipinski definition) is 0. The lowest BCUT2D eigenvalue weighted by atomic mass is 9.98. The molecule has 132 valence electrons. The zero-order valence-electron chi connectivity index (χ0n) is 15.1. The molecule has 0 aliphatic carbocycles. The zero-order valence-corrected chi connectivity index (χ0v) is 15.1. The van der Waals surface area contributed by atoms with Crippen LogP contribution in [-0.4, -0.2) is 29.7 Å². The van der Waals surface area contributed by atoms with Crippen molar-refractivity contribution in [1.82, 2.24) is 5.06 Å². The molecule has 4 nitrogen and oxygen atoms in total. The van der Waals surface area contributed by atoms with Crippen molar-refractivity contribution >= 4 is 5.97 Å². The molecule has 0 saturated carbocycles. The summed E-state index contributed by atoms with van der Waals surface area (Å²) in [7, 11) is 0. The second kappa shape index (κ2) is 9.00. The van der Waals surface area contributed by atoms with Crippen LogP contribution in [0, 0.1) is 11.8 Å². The van der Waals surface area contributed by atoms with Gasteiger partial charge in [-0.05, 0) is 23.8 Å². The van der Waals surface area contributed by atoms with E-state index in [0.29, 0.717) is 25.0 Å². The SMILES string of the molecule is CC(C)C[C@H]1C=CC(=O)ON1[C@@H](COCc1ccccc1)C(C)C.